The molecule has 0 aromatic carbocycles. The molecule has 0 bridgehead atoms. The van der Waals surface area contributed by atoms with Crippen molar-refractivity contribution in [2.24, 2.45) is 0 Å². The summed E-state index contributed by atoms with van der Waals surface area (Å²) in [6.07, 6.45) is 1.90. The molecule has 0 aliphatic carbocycles. The zero-order valence-electron chi connectivity index (χ0n) is 6.96. The third kappa shape index (κ3) is 2.32. The van der Waals surface area contributed by atoms with Crippen LogP contribution in [-0.4, -0.2) is 41.1 Å². The van der Waals surface area contributed by atoms with Crippen LogP contribution < -0.4 is 0 Å². The molecule has 2 unspecified atom stereocenters. The van der Waals surface area contributed by atoms with E-state index in [0.717, 1.165) is 25.9 Å². The standard InChI is InChI=1S/C8H16ClNO/c1-7-8(11)3-2-5-10(7)6-4-9/h7-8,11H,2-6H2,1H3. The molecule has 0 amide bonds. The molecule has 0 aromatic rings. The number of halogens is 1. The number of aliphatic hydroxyl groups is 1. The first-order chi connectivity index (χ1) is 5.25. The topological polar surface area (TPSA) is 23.5 Å². The van der Waals surface area contributed by atoms with Gasteiger partial charge in [-0.2, -0.15) is 0 Å². The van der Waals surface area contributed by atoms with Crippen molar-refractivity contribution in [3.05, 3.63) is 0 Å². The minimum Gasteiger partial charge on any atom is -0.392 e. The van der Waals surface area contributed by atoms with Gasteiger partial charge in [-0.1, -0.05) is 0 Å². The molecule has 1 rings (SSSR count). The predicted molar refractivity (Wildman–Crippen MR) is 47.0 cm³/mol. The summed E-state index contributed by atoms with van der Waals surface area (Å²) in [4.78, 5) is 2.25. The number of hydrogen-bond donors (Lipinski definition) is 1. The van der Waals surface area contributed by atoms with Crippen molar-refractivity contribution in [3.63, 3.8) is 0 Å². The Hall–Kier alpha value is 0.210. The van der Waals surface area contributed by atoms with Gasteiger partial charge in [0.05, 0.1) is 6.10 Å². The van der Waals surface area contributed by atoms with Gasteiger partial charge < -0.3 is 5.11 Å². The quantitative estimate of drug-likeness (QED) is 0.638. The predicted octanol–water partition coefficient (Wildman–Crippen LogP) is 1.07. The number of alkyl halides is 1. The molecular weight excluding hydrogens is 162 g/mol. The first kappa shape index (κ1) is 9.30. The summed E-state index contributed by atoms with van der Waals surface area (Å²) in [5.41, 5.74) is 0. The van der Waals surface area contributed by atoms with Crippen LogP contribution in [0, 0.1) is 0 Å². The first-order valence-corrected chi connectivity index (χ1v) is 4.77. The fraction of sp³-hybridized carbons (Fsp3) is 1.00. The van der Waals surface area contributed by atoms with Gasteiger partial charge >= 0.3 is 0 Å². The second-order valence-electron chi connectivity index (χ2n) is 3.18. The van der Waals surface area contributed by atoms with Gasteiger partial charge in [-0.15, -0.1) is 11.6 Å². The summed E-state index contributed by atoms with van der Waals surface area (Å²) in [6, 6.07) is 0.294. The van der Waals surface area contributed by atoms with Crippen LogP contribution in [0.2, 0.25) is 0 Å². The van der Waals surface area contributed by atoms with Crippen LogP contribution in [0.1, 0.15) is 19.8 Å². The van der Waals surface area contributed by atoms with Gasteiger partial charge in [0, 0.05) is 18.5 Å². The van der Waals surface area contributed by atoms with Gasteiger partial charge in [0.15, 0.2) is 0 Å². The van der Waals surface area contributed by atoms with Crippen LogP contribution in [0.5, 0.6) is 0 Å². The summed E-state index contributed by atoms with van der Waals surface area (Å²) in [7, 11) is 0. The molecule has 3 heteroatoms. The highest BCUT2D eigenvalue weighted by Crippen LogP contribution is 2.16. The van der Waals surface area contributed by atoms with E-state index in [2.05, 4.69) is 11.8 Å². The SMILES string of the molecule is CC1C(O)CCCN1CCCl. The zero-order valence-corrected chi connectivity index (χ0v) is 7.72. The Bertz CT molecular complexity index is 119. The molecule has 1 aliphatic heterocycles. The molecule has 11 heavy (non-hydrogen) atoms. The lowest BCUT2D eigenvalue weighted by molar-refractivity contribution is 0.0234. The van der Waals surface area contributed by atoms with E-state index in [-0.39, 0.29) is 6.10 Å². The molecule has 1 fully saturated rings. The van der Waals surface area contributed by atoms with Gasteiger partial charge in [0.25, 0.3) is 0 Å². The van der Waals surface area contributed by atoms with Crippen molar-refractivity contribution in [3.8, 4) is 0 Å². The molecule has 2 atom stereocenters. The summed E-state index contributed by atoms with van der Waals surface area (Å²) in [5.74, 6) is 0.664. The summed E-state index contributed by atoms with van der Waals surface area (Å²) >= 11 is 5.62. The highest BCUT2D eigenvalue weighted by atomic mass is 35.5. The van der Waals surface area contributed by atoms with E-state index in [1.54, 1.807) is 0 Å². The number of aliphatic hydroxyl groups excluding tert-OH is 1. The van der Waals surface area contributed by atoms with E-state index in [9.17, 15) is 5.11 Å². The third-order valence-corrected chi connectivity index (χ3v) is 2.62. The maximum atomic E-state index is 9.49. The lowest BCUT2D eigenvalue weighted by atomic mass is 10.0. The van der Waals surface area contributed by atoms with Crippen molar-refractivity contribution < 1.29 is 5.11 Å². The van der Waals surface area contributed by atoms with Crippen molar-refractivity contribution in [2.45, 2.75) is 31.9 Å². The Kier molecular flexibility index (Phi) is 3.63. The molecule has 1 N–H and O–H groups in total. The molecule has 2 nitrogen and oxygen atoms in total. The van der Waals surface area contributed by atoms with Crippen LogP contribution in [0.15, 0.2) is 0 Å². The molecule has 0 spiro atoms. The van der Waals surface area contributed by atoms with Crippen LogP contribution >= 0.6 is 11.6 Å². The highest BCUT2D eigenvalue weighted by molar-refractivity contribution is 6.18. The molecule has 0 saturated carbocycles. The molecule has 1 saturated heterocycles. The smallest absolute Gasteiger partial charge is 0.0693 e. The van der Waals surface area contributed by atoms with E-state index >= 15 is 0 Å². The first-order valence-electron chi connectivity index (χ1n) is 4.24. The summed E-state index contributed by atoms with van der Waals surface area (Å²) < 4.78 is 0. The minimum atomic E-state index is -0.146. The second kappa shape index (κ2) is 4.29. The van der Waals surface area contributed by atoms with Crippen molar-refractivity contribution in [2.75, 3.05) is 19.0 Å². The van der Waals surface area contributed by atoms with Crippen molar-refractivity contribution in [1.29, 1.82) is 0 Å². The summed E-state index contributed by atoms with van der Waals surface area (Å²) in [5, 5.41) is 9.49. The second-order valence-corrected chi connectivity index (χ2v) is 3.55. The largest absolute Gasteiger partial charge is 0.392 e. The van der Waals surface area contributed by atoms with Gasteiger partial charge in [0.2, 0.25) is 0 Å². The molecular formula is C8H16ClNO. The minimum absolute atomic E-state index is 0.146. The Morgan fingerprint density at radius 1 is 1.64 bits per heavy atom. The average Bonchev–Trinajstić information content (AvgIpc) is 1.99. The third-order valence-electron chi connectivity index (χ3n) is 2.45. The number of nitrogens with zero attached hydrogens (tertiary/aromatic N) is 1. The van der Waals surface area contributed by atoms with Crippen molar-refractivity contribution in [1.82, 2.24) is 4.90 Å². The van der Waals surface area contributed by atoms with Gasteiger partial charge in [0.1, 0.15) is 0 Å². The van der Waals surface area contributed by atoms with Crippen LogP contribution in [0.4, 0.5) is 0 Å². The highest BCUT2D eigenvalue weighted by Gasteiger charge is 2.24. The Balaban J connectivity index is 2.38. The molecule has 1 heterocycles. The molecule has 66 valence electrons. The van der Waals surface area contributed by atoms with Gasteiger partial charge in [-0.25, -0.2) is 0 Å². The number of piperidine rings is 1. The van der Waals surface area contributed by atoms with E-state index in [1.807, 2.05) is 0 Å². The monoisotopic (exact) mass is 177 g/mol. The molecule has 0 aromatic heterocycles. The lowest BCUT2D eigenvalue weighted by Crippen LogP contribution is -2.46. The Morgan fingerprint density at radius 2 is 2.36 bits per heavy atom. The maximum absolute atomic E-state index is 9.49. The Morgan fingerprint density at radius 3 is 3.00 bits per heavy atom. The Labute approximate surface area is 73.1 Å². The van der Waals surface area contributed by atoms with E-state index < -0.39 is 0 Å². The van der Waals surface area contributed by atoms with Crippen molar-refractivity contribution >= 4 is 11.6 Å². The number of rotatable bonds is 2. The van der Waals surface area contributed by atoms with Gasteiger partial charge in [-0.3, -0.25) is 4.90 Å². The van der Waals surface area contributed by atoms with Crippen LogP contribution in [0.25, 0.3) is 0 Å². The maximum Gasteiger partial charge on any atom is 0.0693 e. The average molecular weight is 178 g/mol. The molecule has 1 aliphatic rings. The van der Waals surface area contributed by atoms with E-state index in [4.69, 9.17) is 11.6 Å². The van der Waals surface area contributed by atoms with Gasteiger partial charge in [-0.05, 0) is 26.3 Å². The number of likely N-dealkylation sites (tertiary alicyclic amines) is 1. The fourth-order valence-corrected chi connectivity index (χ4v) is 1.83. The van der Waals surface area contributed by atoms with E-state index in [0.29, 0.717) is 11.9 Å². The zero-order chi connectivity index (χ0) is 8.27. The number of hydrogen-bond acceptors (Lipinski definition) is 2. The van der Waals surface area contributed by atoms with Crippen LogP contribution in [0.3, 0.4) is 0 Å². The fourth-order valence-electron chi connectivity index (χ4n) is 1.62. The van der Waals surface area contributed by atoms with E-state index in [1.165, 1.54) is 0 Å². The lowest BCUT2D eigenvalue weighted by Gasteiger charge is -2.36. The molecule has 0 radical (unpaired) electrons. The normalized spacial score (nSPS) is 34.1. The van der Waals surface area contributed by atoms with Crippen LogP contribution in [-0.2, 0) is 0 Å². The summed E-state index contributed by atoms with van der Waals surface area (Å²) in [6.45, 7) is 4.06.